The van der Waals surface area contributed by atoms with Gasteiger partial charge in [0.15, 0.2) is 5.96 Å². The minimum absolute atomic E-state index is 0.338. The van der Waals surface area contributed by atoms with Gasteiger partial charge in [-0.25, -0.2) is 8.78 Å². The minimum Gasteiger partial charge on any atom is -0.382 e. The molecule has 1 aromatic rings. The molecule has 0 amide bonds. The van der Waals surface area contributed by atoms with Gasteiger partial charge in [0, 0.05) is 59.1 Å². The van der Waals surface area contributed by atoms with Gasteiger partial charge in [0.25, 0.3) is 0 Å². The molecule has 2 fully saturated rings. The minimum atomic E-state index is -0.409. The van der Waals surface area contributed by atoms with E-state index in [9.17, 15) is 8.78 Å². The lowest BCUT2D eigenvalue weighted by molar-refractivity contribution is 0.128. The summed E-state index contributed by atoms with van der Waals surface area (Å²) in [6.45, 7) is 7.23. The molecule has 27 heavy (non-hydrogen) atoms. The molecule has 1 saturated carbocycles. The summed E-state index contributed by atoms with van der Waals surface area (Å²) in [6.07, 6.45) is 3.55. The first-order valence-electron chi connectivity index (χ1n) is 9.80. The molecule has 0 aromatic heterocycles. The SMILES string of the molecule is CCOCCC1(CNC(=NC)N2CCN(c3cc(F)ccc3F)CC2)CC1. The van der Waals surface area contributed by atoms with Gasteiger partial charge in [-0.2, -0.15) is 0 Å². The van der Waals surface area contributed by atoms with E-state index in [1.165, 1.54) is 25.0 Å². The third-order valence-corrected chi connectivity index (χ3v) is 5.60. The van der Waals surface area contributed by atoms with Crippen molar-refractivity contribution in [2.75, 3.05) is 57.9 Å². The van der Waals surface area contributed by atoms with E-state index in [4.69, 9.17) is 4.74 Å². The largest absolute Gasteiger partial charge is 0.382 e. The van der Waals surface area contributed by atoms with Crippen LogP contribution in [0.5, 0.6) is 0 Å². The molecule has 2 aliphatic rings. The Morgan fingerprint density at radius 1 is 1.22 bits per heavy atom. The van der Waals surface area contributed by atoms with Gasteiger partial charge in [0.2, 0.25) is 0 Å². The Balaban J connectivity index is 1.50. The number of halogens is 2. The van der Waals surface area contributed by atoms with Crippen molar-refractivity contribution in [2.45, 2.75) is 26.2 Å². The zero-order valence-electron chi connectivity index (χ0n) is 16.3. The fourth-order valence-electron chi connectivity index (χ4n) is 3.61. The molecular weight excluding hydrogens is 350 g/mol. The molecule has 1 saturated heterocycles. The van der Waals surface area contributed by atoms with Gasteiger partial charge < -0.3 is 19.9 Å². The van der Waals surface area contributed by atoms with E-state index in [0.717, 1.165) is 51.3 Å². The highest BCUT2D eigenvalue weighted by atomic mass is 19.1. The van der Waals surface area contributed by atoms with Gasteiger partial charge in [0.05, 0.1) is 5.69 Å². The summed E-state index contributed by atoms with van der Waals surface area (Å²) in [5, 5.41) is 3.51. The lowest BCUT2D eigenvalue weighted by Crippen LogP contribution is -2.53. The Kier molecular flexibility index (Phi) is 6.52. The topological polar surface area (TPSA) is 40.1 Å². The molecule has 7 heteroatoms. The average Bonchev–Trinajstić information content (AvgIpc) is 3.45. The third kappa shape index (κ3) is 5.09. The molecule has 0 radical (unpaired) electrons. The van der Waals surface area contributed by atoms with E-state index >= 15 is 0 Å². The molecule has 1 aromatic carbocycles. The number of ether oxygens (including phenoxy) is 1. The van der Waals surface area contributed by atoms with Crippen molar-refractivity contribution in [3.63, 3.8) is 0 Å². The monoisotopic (exact) mass is 380 g/mol. The molecule has 5 nitrogen and oxygen atoms in total. The number of nitrogens with zero attached hydrogens (tertiary/aromatic N) is 3. The Morgan fingerprint density at radius 3 is 2.59 bits per heavy atom. The summed E-state index contributed by atoms with van der Waals surface area (Å²) in [7, 11) is 1.79. The second-order valence-electron chi connectivity index (χ2n) is 7.42. The molecule has 150 valence electrons. The number of hydrogen-bond acceptors (Lipinski definition) is 3. The molecule has 3 rings (SSSR count). The van der Waals surface area contributed by atoms with Crippen LogP contribution in [0.3, 0.4) is 0 Å². The normalized spacial score (nSPS) is 19.3. The molecule has 0 spiro atoms. The number of hydrogen-bond donors (Lipinski definition) is 1. The Morgan fingerprint density at radius 2 is 1.96 bits per heavy atom. The Hall–Kier alpha value is -1.89. The van der Waals surface area contributed by atoms with Crippen molar-refractivity contribution < 1.29 is 13.5 Å². The molecule has 1 aliphatic heterocycles. The van der Waals surface area contributed by atoms with Gasteiger partial charge in [-0.1, -0.05) is 0 Å². The summed E-state index contributed by atoms with van der Waals surface area (Å²) in [6, 6.07) is 3.61. The van der Waals surface area contributed by atoms with Gasteiger partial charge >= 0.3 is 0 Å². The lowest BCUT2D eigenvalue weighted by atomic mass is 10.0. The van der Waals surface area contributed by atoms with Crippen LogP contribution in [0.15, 0.2) is 23.2 Å². The Bertz CT molecular complexity index is 655. The van der Waals surface area contributed by atoms with Crippen LogP contribution in [0, 0.1) is 17.0 Å². The number of aliphatic imine (C=N–C) groups is 1. The van der Waals surface area contributed by atoms with Crippen LogP contribution in [-0.4, -0.2) is 63.8 Å². The van der Waals surface area contributed by atoms with Gasteiger partial charge in [-0.05, 0) is 43.7 Å². The average molecular weight is 380 g/mol. The van der Waals surface area contributed by atoms with E-state index in [1.807, 2.05) is 11.8 Å². The Labute approximate surface area is 160 Å². The number of guanidine groups is 1. The summed E-state index contributed by atoms with van der Waals surface area (Å²) in [4.78, 5) is 8.50. The maximum absolute atomic E-state index is 14.0. The standard InChI is InChI=1S/C20H30F2N4O/c1-3-27-13-8-20(6-7-20)15-24-19(23-2)26-11-9-25(10-12-26)18-14-16(21)4-5-17(18)22/h4-5,14H,3,6-13,15H2,1-2H3,(H,23,24). The quantitative estimate of drug-likeness (QED) is 0.449. The van der Waals surface area contributed by atoms with E-state index < -0.39 is 5.82 Å². The number of rotatable bonds is 7. The first-order valence-corrected chi connectivity index (χ1v) is 9.80. The summed E-state index contributed by atoms with van der Waals surface area (Å²) < 4.78 is 32.9. The molecule has 1 aliphatic carbocycles. The van der Waals surface area contributed by atoms with Crippen molar-refractivity contribution in [2.24, 2.45) is 10.4 Å². The third-order valence-electron chi connectivity index (χ3n) is 5.60. The van der Waals surface area contributed by atoms with Crippen molar-refractivity contribution >= 4 is 11.6 Å². The molecule has 0 atom stereocenters. The maximum Gasteiger partial charge on any atom is 0.193 e. The lowest BCUT2D eigenvalue weighted by Gasteiger charge is -2.38. The van der Waals surface area contributed by atoms with Crippen molar-refractivity contribution in [3.05, 3.63) is 29.8 Å². The predicted molar refractivity (Wildman–Crippen MR) is 104 cm³/mol. The number of nitrogens with one attached hydrogen (secondary N) is 1. The van der Waals surface area contributed by atoms with Crippen LogP contribution >= 0.6 is 0 Å². The van der Waals surface area contributed by atoms with Crippen LogP contribution in [0.2, 0.25) is 0 Å². The van der Waals surface area contributed by atoms with Crippen molar-refractivity contribution in [1.82, 2.24) is 10.2 Å². The van der Waals surface area contributed by atoms with E-state index in [2.05, 4.69) is 15.2 Å². The van der Waals surface area contributed by atoms with E-state index in [0.29, 0.717) is 24.2 Å². The first kappa shape index (κ1) is 19.9. The number of anilines is 1. The second kappa shape index (κ2) is 8.87. The van der Waals surface area contributed by atoms with E-state index in [-0.39, 0.29) is 5.82 Å². The van der Waals surface area contributed by atoms with Crippen LogP contribution in [0.4, 0.5) is 14.5 Å². The smallest absolute Gasteiger partial charge is 0.193 e. The molecule has 0 bridgehead atoms. The maximum atomic E-state index is 14.0. The highest BCUT2D eigenvalue weighted by molar-refractivity contribution is 5.80. The zero-order chi connectivity index (χ0) is 19.3. The van der Waals surface area contributed by atoms with Crippen molar-refractivity contribution in [3.8, 4) is 0 Å². The number of piperazine rings is 1. The fourth-order valence-corrected chi connectivity index (χ4v) is 3.61. The van der Waals surface area contributed by atoms with Crippen LogP contribution in [0.1, 0.15) is 26.2 Å². The summed E-state index contributed by atoms with van der Waals surface area (Å²) in [5.41, 5.74) is 0.683. The second-order valence-corrected chi connectivity index (χ2v) is 7.42. The molecular formula is C20H30F2N4O. The fraction of sp³-hybridized carbons (Fsp3) is 0.650. The number of benzene rings is 1. The molecule has 1 heterocycles. The molecule has 0 unspecified atom stereocenters. The van der Waals surface area contributed by atoms with Gasteiger partial charge in [-0.3, -0.25) is 4.99 Å². The van der Waals surface area contributed by atoms with Crippen LogP contribution < -0.4 is 10.2 Å². The van der Waals surface area contributed by atoms with Crippen LogP contribution in [0.25, 0.3) is 0 Å². The zero-order valence-corrected chi connectivity index (χ0v) is 16.3. The van der Waals surface area contributed by atoms with Crippen LogP contribution in [-0.2, 0) is 4.74 Å². The highest BCUT2D eigenvalue weighted by Gasteiger charge is 2.42. The highest BCUT2D eigenvalue weighted by Crippen LogP contribution is 2.48. The van der Waals surface area contributed by atoms with E-state index in [1.54, 1.807) is 7.05 Å². The summed E-state index contributed by atoms with van der Waals surface area (Å²) >= 11 is 0. The van der Waals surface area contributed by atoms with Gasteiger partial charge in [-0.15, -0.1) is 0 Å². The predicted octanol–water partition coefficient (Wildman–Crippen LogP) is 2.87. The molecule has 1 N–H and O–H groups in total. The van der Waals surface area contributed by atoms with Crippen molar-refractivity contribution in [1.29, 1.82) is 0 Å². The first-order chi connectivity index (χ1) is 13.1. The van der Waals surface area contributed by atoms with Gasteiger partial charge in [0.1, 0.15) is 11.6 Å². The summed E-state index contributed by atoms with van der Waals surface area (Å²) in [5.74, 6) is 0.0995.